The Morgan fingerprint density at radius 3 is 2.81 bits per heavy atom. The Morgan fingerprint density at radius 2 is 2.15 bits per heavy atom. The highest BCUT2D eigenvalue weighted by Gasteiger charge is 2.27. The molecule has 0 atom stereocenters. The molecule has 0 aliphatic carbocycles. The van der Waals surface area contributed by atoms with E-state index in [0.29, 0.717) is 49.2 Å². The normalized spacial score (nSPS) is 15.1. The molecule has 0 radical (unpaired) electrons. The molecule has 26 heavy (non-hydrogen) atoms. The number of aromatic amines is 1. The average Bonchev–Trinajstić information content (AvgIpc) is 3.23. The van der Waals surface area contributed by atoms with Crippen LogP contribution in [0.1, 0.15) is 41.2 Å². The lowest BCUT2D eigenvalue weighted by Gasteiger charge is -2.32. The maximum Gasteiger partial charge on any atom is 0.257 e. The number of piperidine rings is 1. The van der Waals surface area contributed by atoms with Crippen molar-refractivity contribution < 1.29 is 14.3 Å². The number of aromatic nitrogens is 2. The van der Waals surface area contributed by atoms with Crippen LogP contribution in [0.2, 0.25) is 0 Å². The number of carbonyl (C=O) groups is 1. The molecule has 7 heteroatoms. The van der Waals surface area contributed by atoms with Gasteiger partial charge in [-0.3, -0.25) is 9.89 Å². The second-order valence-corrected chi connectivity index (χ2v) is 6.43. The lowest BCUT2D eigenvalue weighted by atomic mass is 9.93. The van der Waals surface area contributed by atoms with Crippen LogP contribution in [0, 0.1) is 0 Å². The van der Waals surface area contributed by atoms with Gasteiger partial charge in [0.15, 0.2) is 0 Å². The number of nitrogens with zero attached hydrogens (tertiary/aromatic N) is 2. The molecular formula is C19H26N4O3. The Labute approximate surface area is 153 Å². The number of benzene rings is 1. The summed E-state index contributed by atoms with van der Waals surface area (Å²) in [6.45, 7) is 2.47. The van der Waals surface area contributed by atoms with Crippen molar-refractivity contribution in [2.24, 2.45) is 5.73 Å². The molecule has 0 unspecified atom stereocenters. The van der Waals surface area contributed by atoms with Crippen LogP contribution in [-0.2, 0) is 0 Å². The van der Waals surface area contributed by atoms with Gasteiger partial charge in [-0.25, -0.2) is 0 Å². The van der Waals surface area contributed by atoms with E-state index in [-0.39, 0.29) is 5.91 Å². The zero-order valence-electron chi connectivity index (χ0n) is 15.1. The minimum Gasteiger partial charge on any atom is -0.497 e. The SMILES string of the molecule is COc1ccc(OCCCN)c(C(=O)N2CCC(c3ccn[nH]3)CC2)c1. The molecule has 2 heterocycles. The topological polar surface area (TPSA) is 93.5 Å². The van der Waals surface area contributed by atoms with Crippen LogP contribution in [0.15, 0.2) is 30.5 Å². The first-order valence-corrected chi connectivity index (χ1v) is 9.02. The Morgan fingerprint density at radius 1 is 1.35 bits per heavy atom. The minimum atomic E-state index is -0.0188. The third-order valence-corrected chi connectivity index (χ3v) is 4.77. The second-order valence-electron chi connectivity index (χ2n) is 6.43. The summed E-state index contributed by atoms with van der Waals surface area (Å²) in [6, 6.07) is 7.35. The summed E-state index contributed by atoms with van der Waals surface area (Å²) in [5.74, 6) is 1.63. The van der Waals surface area contributed by atoms with Gasteiger partial charge in [-0.05, 0) is 50.1 Å². The number of hydrogen-bond acceptors (Lipinski definition) is 5. The number of nitrogens with one attached hydrogen (secondary N) is 1. The van der Waals surface area contributed by atoms with Crippen LogP contribution in [0.3, 0.4) is 0 Å². The fourth-order valence-corrected chi connectivity index (χ4v) is 3.25. The monoisotopic (exact) mass is 358 g/mol. The minimum absolute atomic E-state index is 0.0188. The molecule has 1 aromatic carbocycles. The highest BCUT2D eigenvalue weighted by molar-refractivity contribution is 5.97. The number of hydrogen-bond donors (Lipinski definition) is 2. The smallest absolute Gasteiger partial charge is 0.257 e. The third-order valence-electron chi connectivity index (χ3n) is 4.77. The van der Waals surface area contributed by atoms with Crippen LogP contribution in [0.25, 0.3) is 0 Å². The van der Waals surface area contributed by atoms with Gasteiger partial charge in [0.05, 0.1) is 19.3 Å². The molecule has 1 aliphatic rings. The largest absolute Gasteiger partial charge is 0.497 e. The summed E-state index contributed by atoms with van der Waals surface area (Å²) < 4.78 is 11.1. The third kappa shape index (κ3) is 4.16. The van der Waals surface area contributed by atoms with Gasteiger partial charge in [0.25, 0.3) is 5.91 Å². The molecule has 3 N–H and O–H groups in total. The van der Waals surface area contributed by atoms with E-state index < -0.39 is 0 Å². The Kier molecular flexibility index (Phi) is 6.12. The van der Waals surface area contributed by atoms with E-state index in [0.717, 1.165) is 25.0 Å². The van der Waals surface area contributed by atoms with Crippen LogP contribution < -0.4 is 15.2 Å². The van der Waals surface area contributed by atoms with E-state index in [2.05, 4.69) is 10.2 Å². The molecule has 0 bridgehead atoms. The number of amides is 1. The molecule has 1 amide bonds. The lowest BCUT2D eigenvalue weighted by Crippen LogP contribution is -2.38. The van der Waals surface area contributed by atoms with E-state index >= 15 is 0 Å². The molecule has 0 saturated carbocycles. The second kappa shape index (κ2) is 8.71. The number of ether oxygens (including phenoxy) is 2. The lowest BCUT2D eigenvalue weighted by molar-refractivity contribution is 0.0707. The van der Waals surface area contributed by atoms with Crippen molar-refractivity contribution in [3.05, 3.63) is 41.7 Å². The van der Waals surface area contributed by atoms with E-state index in [1.54, 1.807) is 31.5 Å². The predicted octanol–water partition coefficient (Wildman–Crippen LogP) is 2.17. The zero-order chi connectivity index (χ0) is 18.4. The number of methoxy groups -OCH3 is 1. The highest BCUT2D eigenvalue weighted by Crippen LogP contribution is 2.30. The maximum absolute atomic E-state index is 13.1. The van der Waals surface area contributed by atoms with Crippen molar-refractivity contribution in [3.8, 4) is 11.5 Å². The van der Waals surface area contributed by atoms with Gasteiger partial charge in [-0.2, -0.15) is 5.10 Å². The predicted molar refractivity (Wildman–Crippen MR) is 98.6 cm³/mol. The number of nitrogens with two attached hydrogens (primary N) is 1. The summed E-state index contributed by atoms with van der Waals surface area (Å²) in [5, 5.41) is 7.06. The number of H-pyrrole nitrogens is 1. The molecular weight excluding hydrogens is 332 g/mol. The molecule has 2 aromatic rings. The van der Waals surface area contributed by atoms with Crippen molar-refractivity contribution in [2.75, 3.05) is 33.4 Å². The maximum atomic E-state index is 13.1. The molecule has 140 valence electrons. The van der Waals surface area contributed by atoms with Gasteiger partial charge in [-0.1, -0.05) is 0 Å². The van der Waals surface area contributed by atoms with Gasteiger partial charge in [0, 0.05) is 30.9 Å². The van der Waals surface area contributed by atoms with Crippen molar-refractivity contribution in [2.45, 2.75) is 25.2 Å². The van der Waals surface area contributed by atoms with E-state index in [9.17, 15) is 4.79 Å². The summed E-state index contributed by atoms with van der Waals surface area (Å²) >= 11 is 0. The van der Waals surface area contributed by atoms with Gasteiger partial charge >= 0.3 is 0 Å². The standard InChI is InChI=1S/C19H26N4O3/c1-25-15-3-4-18(26-12-2-8-20)16(13-15)19(24)23-10-6-14(7-11-23)17-5-9-21-22-17/h3-5,9,13-14H,2,6-8,10-12,20H2,1H3,(H,21,22). The van der Waals surface area contributed by atoms with E-state index in [1.165, 1.54) is 0 Å². The Balaban J connectivity index is 1.70. The molecule has 1 fully saturated rings. The van der Waals surface area contributed by atoms with Crippen molar-refractivity contribution in [1.82, 2.24) is 15.1 Å². The first kappa shape index (κ1) is 18.3. The fourth-order valence-electron chi connectivity index (χ4n) is 3.25. The molecule has 7 nitrogen and oxygen atoms in total. The van der Waals surface area contributed by atoms with Crippen molar-refractivity contribution in [3.63, 3.8) is 0 Å². The number of carbonyl (C=O) groups excluding carboxylic acids is 1. The molecule has 1 saturated heterocycles. The first-order chi connectivity index (χ1) is 12.7. The van der Waals surface area contributed by atoms with Gasteiger partial charge in [0.2, 0.25) is 0 Å². The summed E-state index contributed by atoms with van der Waals surface area (Å²) in [7, 11) is 1.59. The summed E-state index contributed by atoms with van der Waals surface area (Å²) in [6.07, 6.45) is 4.35. The Bertz CT molecular complexity index is 710. The molecule has 3 rings (SSSR count). The van der Waals surface area contributed by atoms with Gasteiger partial charge in [-0.15, -0.1) is 0 Å². The van der Waals surface area contributed by atoms with E-state index in [4.69, 9.17) is 15.2 Å². The quantitative estimate of drug-likeness (QED) is 0.740. The number of likely N-dealkylation sites (tertiary alicyclic amines) is 1. The van der Waals surface area contributed by atoms with E-state index in [1.807, 2.05) is 11.0 Å². The highest BCUT2D eigenvalue weighted by atomic mass is 16.5. The fraction of sp³-hybridized carbons (Fsp3) is 0.474. The van der Waals surface area contributed by atoms with Crippen molar-refractivity contribution in [1.29, 1.82) is 0 Å². The molecule has 1 aliphatic heterocycles. The van der Waals surface area contributed by atoms with Crippen LogP contribution in [-0.4, -0.2) is 54.4 Å². The first-order valence-electron chi connectivity index (χ1n) is 9.02. The Hall–Kier alpha value is -2.54. The van der Waals surface area contributed by atoms with Crippen LogP contribution in [0.5, 0.6) is 11.5 Å². The molecule has 1 aromatic heterocycles. The van der Waals surface area contributed by atoms with Crippen molar-refractivity contribution >= 4 is 5.91 Å². The summed E-state index contributed by atoms with van der Waals surface area (Å²) in [5.41, 5.74) is 7.21. The summed E-state index contributed by atoms with van der Waals surface area (Å²) in [4.78, 5) is 14.9. The molecule has 0 spiro atoms. The van der Waals surface area contributed by atoms with Crippen LogP contribution in [0.4, 0.5) is 0 Å². The van der Waals surface area contributed by atoms with Gasteiger partial charge < -0.3 is 20.1 Å². The van der Waals surface area contributed by atoms with Gasteiger partial charge in [0.1, 0.15) is 11.5 Å². The zero-order valence-corrected chi connectivity index (χ0v) is 15.1. The number of rotatable bonds is 7. The average molecular weight is 358 g/mol. The van der Waals surface area contributed by atoms with Crippen LogP contribution >= 0.6 is 0 Å².